The Bertz CT molecular complexity index is 366. The zero-order valence-corrected chi connectivity index (χ0v) is 10.8. The molecule has 0 spiro atoms. The molecule has 16 heavy (non-hydrogen) atoms. The first-order valence-electron chi connectivity index (χ1n) is 6.16. The van der Waals surface area contributed by atoms with Gasteiger partial charge in [0, 0.05) is 43.8 Å². The topological polar surface area (TPSA) is 19.4 Å². The normalized spacial score (nSPS) is 33.6. The smallest absolute Gasteiger partial charge is 0.111 e. The van der Waals surface area contributed by atoms with Crippen LogP contribution < -0.4 is 0 Å². The van der Waals surface area contributed by atoms with Crippen molar-refractivity contribution in [1.29, 1.82) is 0 Å². The molecule has 4 heteroatoms. The van der Waals surface area contributed by atoms with E-state index in [1.165, 1.54) is 42.6 Å². The first-order valence-corrected chi connectivity index (χ1v) is 6.97. The number of hydrogen-bond acceptors (Lipinski definition) is 4. The van der Waals surface area contributed by atoms with E-state index in [2.05, 4.69) is 34.8 Å². The molecule has 0 saturated carbocycles. The molecule has 1 unspecified atom stereocenters. The number of fused-ring (bicyclic) bond motifs is 3. The van der Waals surface area contributed by atoms with E-state index in [4.69, 9.17) is 0 Å². The highest BCUT2D eigenvalue weighted by molar-refractivity contribution is 7.11. The third kappa shape index (κ3) is 1.79. The summed E-state index contributed by atoms with van der Waals surface area (Å²) in [6.45, 7) is 10.6. The van der Waals surface area contributed by atoms with Gasteiger partial charge in [-0.05, 0) is 5.92 Å². The van der Waals surface area contributed by atoms with Crippen LogP contribution in [0, 0.1) is 0 Å². The van der Waals surface area contributed by atoms with Gasteiger partial charge >= 0.3 is 0 Å². The molecule has 3 aliphatic heterocycles. The predicted octanol–water partition coefficient (Wildman–Crippen LogP) is 1.94. The number of thiazole rings is 1. The second-order valence-corrected chi connectivity index (χ2v) is 6.20. The molecule has 4 heterocycles. The maximum absolute atomic E-state index is 4.63. The van der Waals surface area contributed by atoms with E-state index in [-0.39, 0.29) is 0 Å². The standard InChI is InChI=1S/C12H19N3S/c1-9(2)11-7-13-12(16-11)10-8-14-3-5-15(10)6-4-14/h7,9-10H,3-6,8H2,1-2H3. The van der Waals surface area contributed by atoms with Gasteiger partial charge < -0.3 is 0 Å². The summed E-state index contributed by atoms with van der Waals surface area (Å²) in [6, 6.07) is 0.569. The average molecular weight is 237 g/mol. The second kappa shape index (κ2) is 4.09. The summed E-state index contributed by atoms with van der Waals surface area (Å²) in [7, 11) is 0. The van der Waals surface area contributed by atoms with E-state index in [0.717, 1.165) is 0 Å². The fraction of sp³-hybridized carbons (Fsp3) is 0.750. The van der Waals surface area contributed by atoms with Crippen molar-refractivity contribution in [2.75, 3.05) is 32.7 Å². The highest BCUT2D eigenvalue weighted by atomic mass is 32.1. The van der Waals surface area contributed by atoms with E-state index in [9.17, 15) is 0 Å². The molecule has 3 aliphatic rings. The number of rotatable bonds is 2. The van der Waals surface area contributed by atoms with Gasteiger partial charge in [0.25, 0.3) is 0 Å². The molecular formula is C12H19N3S. The van der Waals surface area contributed by atoms with Crippen LogP contribution in [0.4, 0.5) is 0 Å². The van der Waals surface area contributed by atoms with Crippen LogP contribution in [0.5, 0.6) is 0 Å². The molecule has 1 aromatic heterocycles. The Morgan fingerprint density at radius 3 is 2.56 bits per heavy atom. The fourth-order valence-corrected chi connectivity index (χ4v) is 3.62. The first kappa shape index (κ1) is 10.7. The van der Waals surface area contributed by atoms with Crippen molar-refractivity contribution in [3.8, 4) is 0 Å². The summed E-state index contributed by atoms with van der Waals surface area (Å²) in [5.74, 6) is 0.613. The second-order valence-electron chi connectivity index (χ2n) is 5.11. The van der Waals surface area contributed by atoms with E-state index >= 15 is 0 Å². The van der Waals surface area contributed by atoms with Crippen LogP contribution in [0.15, 0.2) is 6.20 Å². The molecule has 0 aromatic carbocycles. The number of hydrogen-bond donors (Lipinski definition) is 0. The SMILES string of the molecule is CC(C)c1cnc(C2CN3CCN2CC3)s1. The Hall–Kier alpha value is -0.450. The summed E-state index contributed by atoms with van der Waals surface area (Å²) in [5.41, 5.74) is 0. The van der Waals surface area contributed by atoms with Crippen LogP contribution in [0.3, 0.4) is 0 Å². The molecular weight excluding hydrogens is 218 g/mol. The largest absolute Gasteiger partial charge is 0.299 e. The molecule has 0 aliphatic carbocycles. The molecule has 1 aromatic rings. The minimum atomic E-state index is 0.569. The van der Waals surface area contributed by atoms with Gasteiger partial charge in [-0.3, -0.25) is 9.80 Å². The van der Waals surface area contributed by atoms with Crippen LogP contribution >= 0.6 is 11.3 Å². The molecule has 3 saturated heterocycles. The van der Waals surface area contributed by atoms with Crippen molar-refractivity contribution in [2.45, 2.75) is 25.8 Å². The molecule has 0 amide bonds. The van der Waals surface area contributed by atoms with Crippen molar-refractivity contribution in [2.24, 2.45) is 0 Å². The number of aromatic nitrogens is 1. The Morgan fingerprint density at radius 1 is 1.31 bits per heavy atom. The van der Waals surface area contributed by atoms with Gasteiger partial charge in [-0.15, -0.1) is 11.3 Å². The third-order valence-corrected chi connectivity index (χ3v) is 5.07. The van der Waals surface area contributed by atoms with E-state index in [1.54, 1.807) is 0 Å². The highest BCUT2D eigenvalue weighted by Crippen LogP contribution is 2.33. The lowest BCUT2D eigenvalue weighted by molar-refractivity contribution is 0.0122. The van der Waals surface area contributed by atoms with Gasteiger partial charge in [0.1, 0.15) is 5.01 Å². The summed E-state index contributed by atoms with van der Waals surface area (Å²) in [6.07, 6.45) is 2.07. The molecule has 2 bridgehead atoms. The molecule has 3 nitrogen and oxygen atoms in total. The lowest BCUT2D eigenvalue weighted by Gasteiger charge is -2.46. The fourth-order valence-electron chi connectivity index (χ4n) is 2.57. The van der Waals surface area contributed by atoms with Gasteiger partial charge in [0.05, 0.1) is 6.04 Å². The monoisotopic (exact) mass is 237 g/mol. The third-order valence-electron chi connectivity index (χ3n) is 3.67. The first-order chi connectivity index (χ1) is 7.74. The van der Waals surface area contributed by atoms with Crippen LogP contribution in [0.1, 0.15) is 35.7 Å². The van der Waals surface area contributed by atoms with Crippen LogP contribution in [-0.2, 0) is 0 Å². The maximum Gasteiger partial charge on any atom is 0.111 e. The van der Waals surface area contributed by atoms with Gasteiger partial charge in [0.2, 0.25) is 0 Å². The number of piperazine rings is 3. The van der Waals surface area contributed by atoms with Crippen LogP contribution in [0.2, 0.25) is 0 Å². The Kier molecular flexibility index (Phi) is 2.73. The predicted molar refractivity (Wildman–Crippen MR) is 67.0 cm³/mol. The van der Waals surface area contributed by atoms with Gasteiger partial charge in [-0.2, -0.15) is 0 Å². The van der Waals surface area contributed by atoms with E-state index < -0.39 is 0 Å². The molecule has 3 fully saturated rings. The van der Waals surface area contributed by atoms with Gasteiger partial charge in [0.15, 0.2) is 0 Å². The van der Waals surface area contributed by atoms with Crippen LogP contribution in [-0.4, -0.2) is 47.5 Å². The van der Waals surface area contributed by atoms with Crippen molar-refractivity contribution in [3.63, 3.8) is 0 Å². The van der Waals surface area contributed by atoms with E-state index in [1.807, 2.05) is 11.3 Å². The lowest BCUT2D eigenvalue weighted by Crippen LogP contribution is -2.56. The number of nitrogens with zero attached hydrogens (tertiary/aromatic N) is 3. The Balaban J connectivity index is 1.81. The van der Waals surface area contributed by atoms with Crippen molar-refractivity contribution in [3.05, 3.63) is 16.1 Å². The summed E-state index contributed by atoms with van der Waals surface area (Å²) in [5, 5.41) is 1.33. The van der Waals surface area contributed by atoms with Crippen molar-refractivity contribution >= 4 is 11.3 Å². The molecule has 1 atom stereocenters. The molecule has 4 rings (SSSR count). The van der Waals surface area contributed by atoms with Crippen LogP contribution in [0.25, 0.3) is 0 Å². The maximum atomic E-state index is 4.63. The molecule has 0 N–H and O–H groups in total. The lowest BCUT2D eigenvalue weighted by atomic mass is 10.1. The van der Waals surface area contributed by atoms with Gasteiger partial charge in [-0.1, -0.05) is 13.8 Å². The summed E-state index contributed by atoms with van der Waals surface area (Å²) in [4.78, 5) is 11.2. The minimum absolute atomic E-state index is 0.569. The molecule has 88 valence electrons. The zero-order valence-electron chi connectivity index (χ0n) is 10.0. The summed E-state index contributed by atoms with van der Waals surface area (Å²) < 4.78 is 0. The zero-order chi connectivity index (χ0) is 11.1. The average Bonchev–Trinajstić information content (AvgIpc) is 2.80. The summed E-state index contributed by atoms with van der Waals surface area (Å²) >= 11 is 1.91. The highest BCUT2D eigenvalue weighted by Gasteiger charge is 2.34. The van der Waals surface area contributed by atoms with Crippen molar-refractivity contribution < 1.29 is 0 Å². The van der Waals surface area contributed by atoms with Crippen molar-refractivity contribution in [1.82, 2.24) is 14.8 Å². The Morgan fingerprint density at radius 2 is 2.06 bits per heavy atom. The molecule has 0 radical (unpaired) electrons. The minimum Gasteiger partial charge on any atom is -0.299 e. The Labute approximate surface area is 101 Å². The quantitative estimate of drug-likeness (QED) is 0.783. The van der Waals surface area contributed by atoms with E-state index in [0.29, 0.717) is 12.0 Å². The van der Waals surface area contributed by atoms with Gasteiger partial charge in [-0.25, -0.2) is 4.98 Å².